The topological polar surface area (TPSA) is 9.23 Å². The average molecular weight is 182 g/mol. The summed E-state index contributed by atoms with van der Waals surface area (Å²) in [6.07, 6.45) is 6.65. The van der Waals surface area contributed by atoms with Gasteiger partial charge in [-0.1, -0.05) is 20.8 Å². The predicted octanol–water partition coefficient (Wildman–Crippen LogP) is 3.38. The van der Waals surface area contributed by atoms with Crippen molar-refractivity contribution in [2.24, 2.45) is 10.8 Å². The van der Waals surface area contributed by atoms with Gasteiger partial charge in [0, 0.05) is 7.11 Å². The van der Waals surface area contributed by atoms with Crippen LogP contribution in [0.15, 0.2) is 0 Å². The van der Waals surface area contributed by atoms with Gasteiger partial charge in [0.25, 0.3) is 0 Å². The molecule has 0 spiro atoms. The Hall–Kier alpha value is -0.0400. The fourth-order valence-electron chi connectivity index (χ4n) is 3.45. The van der Waals surface area contributed by atoms with Gasteiger partial charge in [-0.2, -0.15) is 0 Å². The van der Waals surface area contributed by atoms with Crippen LogP contribution in [0.4, 0.5) is 0 Å². The van der Waals surface area contributed by atoms with Crippen molar-refractivity contribution in [1.82, 2.24) is 0 Å². The Kier molecular flexibility index (Phi) is 1.83. The molecule has 0 aromatic heterocycles. The molecule has 0 aromatic carbocycles. The van der Waals surface area contributed by atoms with Crippen LogP contribution in [0.5, 0.6) is 0 Å². The van der Waals surface area contributed by atoms with E-state index in [1.807, 2.05) is 7.11 Å². The molecule has 2 aliphatic rings. The molecule has 0 heterocycles. The lowest BCUT2D eigenvalue weighted by Crippen LogP contribution is -2.31. The quantitative estimate of drug-likeness (QED) is 0.604. The Balaban J connectivity index is 2.23. The summed E-state index contributed by atoms with van der Waals surface area (Å²) in [4.78, 5) is 0. The molecule has 13 heavy (non-hydrogen) atoms. The minimum atomic E-state index is 0.271. The second-order valence-corrected chi connectivity index (χ2v) is 6.09. The standard InChI is InChI=1S/C12H22O/c1-10(2,3)11-5-7-12(9-11,13-4)8-6-11/h5-9H2,1-4H3. The lowest BCUT2D eigenvalue weighted by Gasteiger charge is -2.40. The minimum absolute atomic E-state index is 0.271. The van der Waals surface area contributed by atoms with Gasteiger partial charge in [-0.3, -0.25) is 0 Å². The van der Waals surface area contributed by atoms with Crippen LogP contribution < -0.4 is 0 Å². The fourth-order valence-corrected chi connectivity index (χ4v) is 3.45. The Bertz CT molecular complexity index is 204. The van der Waals surface area contributed by atoms with Crippen molar-refractivity contribution in [3.05, 3.63) is 0 Å². The average Bonchev–Trinajstić information content (AvgIpc) is 2.60. The highest BCUT2D eigenvalue weighted by Crippen LogP contribution is 2.64. The molecule has 2 rings (SSSR count). The third kappa shape index (κ3) is 1.16. The summed E-state index contributed by atoms with van der Waals surface area (Å²) >= 11 is 0. The molecule has 0 atom stereocenters. The van der Waals surface area contributed by atoms with Gasteiger partial charge in [-0.15, -0.1) is 0 Å². The van der Waals surface area contributed by atoms with Crippen LogP contribution in [0.3, 0.4) is 0 Å². The van der Waals surface area contributed by atoms with Crippen molar-refractivity contribution < 1.29 is 4.74 Å². The minimum Gasteiger partial charge on any atom is -0.378 e. The van der Waals surface area contributed by atoms with Crippen molar-refractivity contribution in [3.8, 4) is 0 Å². The van der Waals surface area contributed by atoms with Crippen LogP contribution in [0.2, 0.25) is 0 Å². The van der Waals surface area contributed by atoms with E-state index in [0.29, 0.717) is 10.8 Å². The Labute approximate surface area is 81.9 Å². The molecule has 2 saturated carbocycles. The molecule has 2 aliphatic carbocycles. The highest BCUT2D eigenvalue weighted by molar-refractivity contribution is 5.10. The molecule has 76 valence electrons. The highest BCUT2D eigenvalue weighted by Gasteiger charge is 2.58. The van der Waals surface area contributed by atoms with Crippen LogP contribution in [-0.4, -0.2) is 12.7 Å². The number of hydrogen-bond donors (Lipinski definition) is 0. The van der Waals surface area contributed by atoms with Gasteiger partial charge in [0.1, 0.15) is 0 Å². The van der Waals surface area contributed by atoms with E-state index in [4.69, 9.17) is 4.74 Å². The van der Waals surface area contributed by atoms with Crippen LogP contribution in [0, 0.1) is 10.8 Å². The number of ether oxygens (including phenoxy) is 1. The van der Waals surface area contributed by atoms with E-state index >= 15 is 0 Å². The monoisotopic (exact) mass is 182 g/mol. The van der Waals surface area contributed by atoms with Crippen molar-refractivity contribution in [2.75, 3.05) is 7.11 Å². The van der Waals surface area contributed by atoms with E-state index in [9.17, 15) is 0 Å². The van der Waals surface area contributed by atoms with Crippen LogP contribution >= 0.6 is 0 Å². The van der Waals surface area contributed by atoms with Gasteiger partial charge in [0.15, 0.2) is 0 Å². The maximum Gasteiger partial charge on any atom is 0.0684 e. The van der Waals surface area contributed by atoms with Gasteiger partial charge in [0.2, 0.25) is 0 Å². The molecule has 0 amide bonds. The molecular formula is C12H22O. The van der Waals surface area contributed by atoms with Crippen molar-refractivity contribution in [1.29, 1.82) is 0 Å². The van der Waals surface area contributed by atoms with Crippen LogP contribution in [-0.2, 0) is 4.74 Å². The maximum absolute atomic E-state index is 5.71. The molecule has 2 fully saturated rings. The van der Waals surface area contributed by atoms with E-state index in [1.54, 1.807) is 0 Å². The highest BCUT2D eigenvalue weighted by atomic mass is 16.5. The second-order valence-electron chi connectivity index (χ2n) is 6.09. The van der Waals surface area contributed by atoms with E-state index in [2.05, 4.69) is 20.8 Å². The molecule has 0 saturated heterocycles. The molecule has 0 unspecified atom stereocenters. The van der Waals surface area contributed by atoms with Gasteiger partial charge < -0.3 is 4.74 Å². The van der Waals surface area contributed by atoms with Crippen LogP contribution in [0.1, 0.15) is 52.9 Å². The molecular weight excluding hydrogens is 160 g/mol. The summed E-state index contributed by atoms with van der Waals surface area (Å²) in [5, 5.41) is 0. The smallest absolute Gasteiger partial charge is 0.0684 e. The fraction of sp³-hybridized carbons (Fsp3) is 1.00. The van der Waals surface area contributed by atoms with E-state index in [-0.39, 0.29) is 5.60 Å². The van der Waals surface area contributed by atoms with Gasteiger partial charge in [0.05, 0.1) is 5.60 Å². The molecule has 2 bridgehead atoms. The number of methoxy groups -OCH3 is 1. The molecule has 1 nitrogen and oxygen atoms in total. The third-order valence-electron chi connectivity index (χ3n) is 4.80. The lowest BCUT2D eigenvalue weighted by molar-refractivity contribution is -0.000573. The summed E-state index contributed by atoms with van der Waals surface area (Å²) < 4.78 is 5.71. The zero-order chi connectivity index (χ0) is 9.74. The molecule has 0 aliphatic heterocycles. The summed E-state index contributed by atoms with van der Waals surface area (Å²) in [7, 11) is 1.89. The Morgan fingerprint density at radius 1 is 1.00 bits per heavy atom. The first-order valence-electron chi connectivity index (χ1n) is 5.48. The summed E-state index contributed by atoms with van der Waals surface area (Å²) in [6.45, 7) is 7.18. The summed E-state index contributed by atoms with van der Waals surface area (Å²) in [5.41, 5.74) is 1.32. The van der Waals surface area contributed by atoms with Crippen molar-refractivity contribution >= 4 is 0 Å². The Morgan fingerprint density at radius 2 is 1.54 bits per heavy atom. The van der Waals surface area contributed by atoms with Gasteiger partial charge >= 0.3 is 0 Å². The molecule has 0 N–H and O–H groups in total. The van der Waals surface area contributed by atoms with Crippen molar-refractivity contribution in [3.63, 3.8) is 0 Å². The number of rotatable bonds is 1. The molecule has 0 aromatic rings. The maximum atomic E-state index is 5.71. The van der Waals surface area contributed by atoms with E-state index in [0.717, 1.165) is 0 Å². The second kappa shape index (κ2) is 2.50. The van der Waals surface area contributed by atoms with Crippen LogP contribution in [0.25, 0.3) is 0 Å². The molecule has 0 radical (unpaired) electrons. The SMILES string of the molecule is COC12CCC(C(C)(C)C)(CC1)C2. The van der Waals surface area contributed by atoms with Gasteiger partial charge in [-0.05, 0) is 42.9 Å². The number of fused-ring (bicyclic) bond motifs is 2. The zero-order valence-electron chi connectivity index (χ0n) is 9.44. The first kappa shape index (κ1) is 9.51. The first-order valence-corrected chi connectivity index (χ1v) is 5.48. The largest absolute Gasteiger partial charge is 0.378 e. The van der Waals surface area contributed by atoms with E-state index in [1.165, 1.54) is 32.1 Å². The normalized spacial score (nSPS) is 44.3. The summed E-state index contributed by atoms with van der Waals surface area (Å²) in [5.74, 6) is 0. The first-order chi connectivity index (χ1) is 5.93. The zero-order valence-corrected chi connectivity index (χ0v) is 9.44. The Morgan fingerprint density at radius 3 is 1.77 bits per heavy atom. The van der Waals surface area contributed by atoms with Crippen molar-refractivity contribution in [2.45, 2.75) is 58.5 Å². The summed E-state index contributed by atoms with van der Waals surface area (Å²) in [6, 6.07) is 0. The van der Waals surface area contributed by atoms with Gasteiger partial charge in [-0.25, -0.2) is 0 Å². The third-order valence-corrected chi connectivity index (χ3v) is 4.80. The predicted molar refractivity (Wildman–Crippen MR) is 54.7 cm³/mol. The lowest BCUT2D eigenvalue weighted by atomic mass is 9.65. The van der Waals surface area contributed by atoms with E-state index < -0.39 is 0 Å². The molecule has 1 heteroatoms. The number of hydrogen-bond acceptors (Lipinski definition) is 1.